The fraction of sp³-hybridized carbons (Fsp3) is 0.286. The van der Waals surface area contributed by atoms with Crippen molar-refractivity contribution in [1.29, 1.82) is 0 Å². The van der Waals surface area contributed by atoms with E-state index < -0.39 is 12.1 Å². The molecule has 2 aromatic carbocycles. The molecule has 1 aliphatic rings. The number of hydrogen-bond acceptors (Lipinski definition) is 8. The maximum absolute atomic E-state index is 13.2. The summed E-state index contributed by atoms with van der Waals surface area (Å²) in [6.45, 7) is 2.80. The standard InChI is InChI=1S/C28H28Cl3N9O3/c1-15-4-3-5-20(34-24(41)9-6-16-10-17(29)7-8-23(16)40-14-33-38-39-40)27-36-25(26(31)37-27)18-11-19(30)22(35-28(42)43-2)12-21(18)32-13-15/h6-12,14-15,20,32H,3-5,13H2,1-2H3,(H,34,41)(H,35,42)(H,36,37)/b9-6+/t15-,20+/m1/s1. The number of benzene rings is 2. The van der Waals surface area contributed by atoms with Gasteiger partial charge in [-0.15, -0.1) is 5.10 Å². The Morgan fingerprint density at radius 3 is 2.77 bits per heavy atom. The van der Waals surface area contributed by atoms with Crippen LogP contribution in [-0.4, -0.2) is 55.8 Å². The van der Waals surface area contributed by atoms with Crippen LogP contribution in [0.25, 0.3) is 23.0 Å². The van der Waals surface area contributed by atoms with Crippen LogP contribution >= 0.6 is 34.8 Å². The summed E-state index contributed by atoms with van der Waals surface area (Å²) >= 11 is 19.4. The number of aromatic nitrogens is 6. The van der Waals surface area contributed by atoms with Gasteiger partial charge in [0.25, 0.3) is 0 Å². The number of amides is 2. The maximum atomic E-state index is 13.2. The van der Waals surface area contributed by atoms with Crippen molar-refractivity contribution in [1.82, 2.24) is 35.5 Å². The van der Waals surface area contributed by atoms with Gasteiger partial charge in [0.05, 0.1) is 29.5 Å². The Morgan fingerprint density at radius 1 is 1.16 bits per heavy atom. The highest BCUT2D eigenvalue weighted by atomic mass is 35.5. The van der Waals surface area contributed by atoms with Crippen molar-refractivity contribution in [2.45, 2.75) is 32.2 Å². The van der Waals surface area contributed by atoms with Crippen molar-refractivity contribution in [2.24, 2.45) is 5.92 Å². The second kappa shape index (κ2) is 13.4. The van der Waals surface area contributed by atoms with Gasteiger partial charge in [0.15, 0.2) is 0 Å². The summed E-state index contributed by atoms with van der Waals surface area (Å²) in [6.07, 6.45) is 6.25. The Morgan fingerprint density at radius 2 is 2.00 bits per heavy atom. The van der Waals surface area contributed by atoms with Gasteiger partial charge < -0.3 is 20.4 Å². The Hall–Kier alpha value is -4.13. The lowest BCUT2D eigenvalue weighted by Crippen LogP contribution is -2.28. The average molecular weight is 645 g/mol. The predicted molar refractivity (Wildman–Crippen MR) is 166 cm³/mol. The van der Waals surface area contributed by atoms with Crippen LogP contribution in [0, 0.1) is 5.92 Å². The van der Waals surface area contributed by atoms with Crippen molar-refractivity contribution in [2.75, 3.05) is 24.3 Å². The first-order valence-electron chi connectivity index (χ1n) is 13.4. The van der Waals surface area contributed by atoms with Gasteiger partial charge in [0.1, 0.15) is 23.0 Å². The van der Waals surface area contributed by atoms with E-state index in [4.69, 9.17) is 44.5 Å². The summed E-state index contributed by atoms with van der Waals surface area (Å²) in [7, 11) is 1.28. The molecule has 0 unspecified atom stereocenters. The highest BCUT2D eigenvalue weighted by molar-refractivity contribution is 6.35. The van der Waals surface area contributed by atoms with Gasteiger partial charge >= 0.3 is 6.09 Å². The van der Waals surface area contributed by atoms with E-state index in [2.05, 4.69) is 43.4 Å². The molecule has 2 bridgehead atoms. The first-order valence-corrected chi connectivity index (χ1v) is 14.5. The van der Waals surface area contributed by atoms with E-state index in [0.29, 0.717) is 63.6 Å². The number of aromatic amines is 1. The molecule has 0 saturated carbocycles. The van der Waals surface area contributed by atoms with E-state index >= 15 is 0 Å². The molecule has 0 fully saturated rings. The fourth-order valence-electron chi connectivity index (χ4n) is 4.74. The summed E-state index contributed by atoms with van der Waals surface area (Å²) in [5.41, 5.74) is 3.49. The number of methoxy groups -OCH3 is 1. The third kappa shape index (κ3) is 7.27. The molecule has 224 valence electrons. The molecule has 0 saturated heterocycles. The number of nitrogens with zero attached hydrogens (tertiary/aromatic N) is 5. The van der Waals surface area contributed by atoms with Crippen molar-refractivity contribution < 1.29 is 14.3 Å². The van der Waals surface area contributed by atoms with E-state index in [9.17, 15) is 9.59 Å². The van der Waals surface area contributed by atoms with Gasteiger partial charge in [0, 0.05) is 34.5 Å². The number of tetrazole rings is 1. The zero-order valence-electron chi connectivity index (χ0n) is 23.2. The molecule has 2 aromatic heterocycles. The Balaban J connectivity index is 1.44. The third-order valence-corrected chi connectivity index (χ3v) is 7.76. The van der Waals surface area contributed by atoms with Crippen molar-refractivity contribution in [3.63, 3.8) is 0 Å². The lowest BCUT2D eigenvalue weighted by atomic mass is 10.00. The summed E-state index contributed by atoms with van der Waals surface area (Å²) in [6, 6.07) is 8.17. The second-order valence-electron chi connectivity index (χ2n) is 10.0. The van der Waals surface area contributed by atoms with E-state index in [-0.39, 0.29) is 16.1 Å². The van der Waals surface area contributed by atoms with E-state index in [1.807, 2.05) is 0 Å². The number of ether oxygens (including phenoxy) is 1. The molecule has 12 nitrogen and oxygen atoms in total. The molecule has 1 aliphatic heterocycles. The van der Waals surface area contributed by atoms with Crippen LogP contribution in [0.5, 0.6) is 0 Å². The van der Waals surface area contributed by atoms with Gasteiger partial charge in [-0.1, -0.05) is 48.1 Å². The van der Waals surface area contributed by atoms with Gasteiger partial charge in [-0.2, -0.15) is 4.68 Å². The molecular weight excluding hydrogens is 617 g/mol. The van der Waals surface area contributed by atoms with Crippen LogP contribution < -0.4 is 16.0 Å². The molecule has 43 heavy (non-hydrogen) atoms. The number of carbonyl (C=O) groups excluding carboxylic acids is 2. The molecule has 4 N–H and O–H groups in total. The Labute approximate surface area is 262 Å². The Bertz CT molecular complexity index is 1660. The fourth-order valence-corrected chi connectivity index (χ4v) is 5.38. The van der Waals surface area contributed by atoms with Crippen LogP contribution in [0.15, 0.2) is 42.7 Å². The van der Waals surface area contributed by atoms with Crippen LogP contribution in [-0.2, 0) is 9.53 Å². The largest absolute Gasteiger partial charge is 0.453 e. The summed E-state index contributed by atoms with van der Waals surface area (Å²) in [5, 5.41) is 21.5. The van der Waals surface area contributed by atoms with E-state index in [0.717, 1.165) is 12.8 Å². The first kappa shape index (κ1) is 30.3. The summed E-state index contributed by atoms with van der Waals surface area (Å²) in [5.74, 6) is 0.484. The zero-order chi connectivity index (χ0) is 30.5. The number of anilines is 2. The number of imidazole rings is 1. The molecule has 5 rings (SSSR count). The molecule has 3 heterocycles. The minimum Gasteiger partial charge on any atom is -0.453 e. The molecule has 2 atom stereocenters. The van der Waals surface area contributed by atoms with Gasteiger partial charge in [-0.05, 0) is 65.6 Å². The normalized spacial score (nSPS) is 16.9. The number of rotatable bonds is 5. The molecule has 15 heteroatoms. The van der Waals surface area contributed by atoms with E-state index in [1.165, 1.54) is 24.2 Å². The zero-order valence-corrected chi connectivity index (χ0v) is 25.5. The van der Waals surface area contributed by atoms with Crippen molar-refractivity contribution >= 4 is 64.3 Å². The first-order chi connectivity index (χ1) is 20.7. The second-order valence-corrected chi connectivity index (χ2v) is 11.3. The molecular formula is C28H28Cl3N9O3. The Kier molecular flexibility index (Phi) is 9.49. The average Bonchev–Trinajstić information content (AvgIpc) is 3.65. The molecule has 4 aromatic rings. The van der Waals surface area contributed by atoms with Crippen LogP contribution in [0.2, 0.25) is 15.2 Å². The van der Waals surface area contributed by atoms with Crippen molar-refractivity contribution in [3.05, 3.63) is 69.3 Å². The summed E-state index contributed by atoms with van der Waals surface area (Å²) in [4.78, 5) is 32.9. The van der Waals surface area contributed by atoms with Gasteiger partial charge in [-0.3, -0.25) is 10.1 Å². The van der Waals surface area contributed by atoms with Crippen LogP contribution in [0.1, 0.15) is 43.6 Å². The van der Waals surface area contributed by atoms with Crippen LogP contribution in [0.3, 0.4) is 0 Å². The highest BCUT2D eigenvalue weighted by Gasteiger charge is 2.24. The monoisotopic (exact) mass is 643 g/mol. The lowest BCUT2D eigenvalue weighted by Gasteiger charge is -2.20. The number of nitrogens with one attached hydrogen (secondary N) is 4. The number of H-pyrrole nitrogens is 1. The van der Waals surface area contributed by atoms with Gasteiger partial charge in [-0.25, -0.2) is 9.78 Å². The smallest absolute Gasteiger partial charge is 0.411 e. The number of hydrogen-bond donors (Lipinski definition) is 4. The van der Waals surface area contributed by atoms with Gasteiger partial charge in [0.2, 0.25) is 5.91 Å². The van der Waals surface area contributed by atoms with Crippen LogP contribution in [0.4, 0.5) is 16.2 Å². The predicted octanol–water partition coefficient (Wildman–Crippen LogP) is 6.29. The topological polar surface area (TPSA) is 152 Å². The lowest BCUT2D eigenvalue weighted by molar-refractivity contribution is -0.117. The van der Waals surface area contributed by atoms with Crippen molar-refractivity contribution in [3.8, 4) is 16.9 Å². The van der Waals surface area contributed by atoms with E-state index in [1.54, 1.807) is 36.4 Å². The molecule has 0 spiro atoms. The number of fused-ring (bicyclic) bond motifs is 4. The number of carbonyl (C=O) groups is 2. The maximum Gasteiger partial charge on any atom is 0.411 e. The molecule has 0 aliphatic carbocycles. The number of halogens is 3. The molecule has 2 amide bonds. The summed E-state index contributed by atoms with van der Waals surface area (Å²) < 4.78 is 6.20. The third-order valence-electron chi connectivity index (χ3n) is 6.94. The quantitative estimate of drug-likeness (QED) is 0.185. The highest BCUT2D eigenvalue weighted by Crippen LogP contribution is 2.39. The minimum absolute atomic E-state index is 0.281. The molecule has 0 radical (unpaired) electrons. The minimum atomic E-state index is -0.641. The SMILES string of the molecule is COC(=O)Nc1cc2c(cc1Cl)-c1nc([nH]c1Cl)[C@@H](NC(=O)/C=C/c1cc(Cl)ccc1-n1cnnn1)CCC[C@@H](C)CN2.